The molecule has 3 N–H and O–H groups in total. The number of aromatic nitrogens is 2. The molecule has 1 saturated heterocycles. The minimum atomic E-state index is -2.58. The highest BCUT2D eigenvalue weighted by atomic mass is 19.2. The van der Waals surface area contributed by atoms with Crippen molar-refractivity contribution < 1.29 is 19.3 Å². The highest BCUT2D eigenvalue weighted by Gasteiger charge is 2.60. The number of halogens is 1. The predicted molar refractivity (Wildman–Crippen MR) is 83.4 cm³/mol. The third-order valence-corrected chi connectivity index (χ3v) is 3.93. The summed E-state index contributed by atoms with van der Waals surface area (Å²) >= 11 is 0. The van der Waals surface area contributed by atoms with E-state index in [-0.39, 0.29) is 5.56 Å². The van der Waals surface area contributed by atoms with Gasteiger partial charge in [-0.2, -0.15) is 0 Å². The number of aliphatic hydroxyl groups excluding tert-OH is 1. The Hall–Kier alpha value is -1.76. The lowest BCUT2D eigenvalue weighted by molar-refractivity contribution is -0.222. The Labute approximate surface area is 127 Å². The van der Waals surface area contributed by atoms with Crippen molar-refractivity contribution in [2.45, 2.75) is 29.4 Å². The molecule has 2 rings (SSSR count). The summed E-state index contributed by atoms with van der Waals surface area (Å²) in [7, 11) is 3.65. The second-order valence-corrected chi connectivity index (χ2v) is 5.98. The Morgan fingerprint density at radius 2 is 2.18 bits per heavy atom. The number of nitrogens with one attached hydrogen (secondary N) is 1. The van der Waals surface area contributed by atoms with Crippen LogP contribution in [0.5, 0.6) is 0 Å². The first-order valence-electron chi connectivity index (χ1n) is 6.57. The van der Waals surface area contributed by atoms with E-state index in [0.29, 0.717) is 0 Å². The average Bonchev–Trinajstić information content (AvgIpc) is 2.61. The molecule has 3 atom stereocenters. The topological polar surface area (TPSA) is 105 Å². The summed E-state index contributed by atoms with van der Waals surface area (Å²) in [5.41, 5.74) is -3.68. The summed E-state index contributed by atoms with van der Waals surface area (Å²) in [6.07, 6.45) is 4.18. The highest BCUT2D eigenvalue weighted by Crippen LogP contribution is 2.44. The molecule has 0 spiro atoms. The fourth-order valence-corrected chi connectivity index (χ4v) is 2.36. The smallest absolute Gasteiger partial charge is 0.330 e. The van der Waals surface area contributed by atoms with Gasteiger partial charge in [0.15, 0.2) is 7.85 Å². The molecule has 1 aromatic rings. The maximum absolute atomic E-state index is 14.8. The first-order chi connectivity index (χ1) is 9.94. The van der Waals surface area contributed by atoms with Gasteiger partial charge in [-0.25, -0.2) is 9.18 Å². The molecule has 7 nitrogen and oxygen atoms in total. The summed E-state index contributed by atoms with van der Waals surface area (Å²) in [5.74, 6) is -0.491. The van der Waals surface area contributed by atoms with Crippen LogP contribution in [0.3, 0.4) is 0 Å². The van der Waals surface area contributed by atoms with E-state index in [9.17, 15) is 24.2 Å². The van der Waals surface area contributed by atoms with E-state index in [1.165, 1.54) is 23.5 Å². The first kappa shape index (κ1) is 16.6. The quantitative estimate of drug-likeness (QED) is 0.375. The zero-order valence-corrected chi connectivity index (χ0v) is 12.4. The number of aromatic amines is 1. The van der Waals surface area contributed by atoms with Gasteiger partial charge < -0.3 is 14.9 Å². The predicted octanol–water partition coefficient (Wildman–Crippen LogP) is -4.88. The van der Waals surface area contributed by atoms with Crippen molar-refractivity contribution in [2.24, 2.45) is 0 Å². The van der Waals surface area contributed by atoms with Gasteiger partial charge in [0.05, 0.1) is 11.5 Å². The maximum atomic E-state index is 14.8. The monoisotopic (exact) mass is 306 g/mol. The van der Waals surface area contributed by atoms with Crippen molar-refractivity contribution in [3.63, 3.8) is 0 Å². The Morgan fingerprint density at radius 1 is 1.59 bits per heavy atom. The Kier molecular flexibility index (Phi) is 3.68. The Morgan fingerprint density at radius 3 is 2.64 bits per heavy atom. The maximum Gasteiger partial charge on any atom is 0.330 e. The summed E-state index contributed by atoms with van der Waals surface area (Å²) in [6, 6.07) is 0. The average molecular weight is 306 g/mol. The Balaban J connectivity index is 2.61. The van der Waals surface area contributed by atoms with Crippen LogP contribution in [0.15, 0.2) is 15.8 Å². The fourth-order valence-electron chi connectivity index (χ4n) is 2.36. The number of rotatable bonds is 2. The van der Waals surface area contributed by atoms with Crippen molar-refractivity contribution in [3.8, 4) is 12.3 Å². The highest BCUT2D eigenvalue weighted by molar-refractivity contribution is 6.39. The second-order valence-electron chi connectivity index (χ2n) is 5.98. The molecule has 0 aromatic carbocycles. The van der Waals surface area contributed by atoms with Crippen LogP contribution in [0.2, 0.25) is 0 Å². The molecule has 0 bridgehead atoms. The largest absolute Gasteiger partial charge is 0.402 e. The van der Waals surface area contributed by atoms with Crippen molar-refractivity contribution >= 4 is 23.5 Å². The van der Waals surface area contributed by atoms with E-state index in [4.69, 9.17) is 11.2 Å². The van der Waals surface area contributed by atoms with E-state index in [0.717, 1.165) is 10.8 Å². The van der Waals surface area contributed by atoms with Crippen LogP contribution >= 0.6 is 0 Å². The lowest BCUT2D eigenvalue weighted by atomic mass is 9.60. The summed E-state index contributed by atoms with van der Waals surface area (Å²) < 4.78 is 20.8. The third kappa shape index (κ3) is 2.33. The van der Waals surface area contributed by atoms with Gasteiger partial charge >= 0.3 is 5.69 Å². The molecular weight excluding hydrogens is 292 g/mol. The SMILES string of the molecule is BC(B)(O)[C@]1(F)C[C@@H](O)[C@](B)(n2cc(C#C)c(=O)[nH]c2=O)O1. The molecule has 1 aromatic heterocycles. The number of alkyl halides is 1. The molecule has 0 saturated carbocycles. The van der Waals surface area contributed by atoms with Crippen molar-refractivity contribution in [1.82, 2.24) is 9.55 Å². The summed E-state index contributed by atoms with van der Waals surface area (Å²) in [4.78, 5) is 25.4. The standard InChI is InChI=1S/C11H14B3FN2O5/c1-2-5-4-17(8(20)16-7(5)19)10(12)6(18)3-9(15,22-10)11(13,14)21/h1,4,6,18,21H,3,12-14H2,(H,16,19,20)/t6-,9+,10+/m1/s1. The van der Waals surface area contributed by atoms with Gasteiger partial charge in [0.1, 0.15) is 26.9 Å². The van der Waals surface area contributed by atoms with Gasteiger partial charge in [-0.3, -0.25) is 14.3 Å². The normalized spacial score (nSPS) is 31.8. The zero-order valence-electron chi connectivity index (χ0n) is 12.4. The number of ether oxygens (including phenoxy) is 1. The number of hydrogen-bond acceptors (Lipinski definition) is 5. The van der Waals surface area contributed by atoms with Crippen LogP contribution in [0, 0.1) is 12.3 Å². The van der Waals surface area contributed by atoms with Crippen molar-refractivity contribution in [3.05, 3.63) is 32.6 Å². The number of aliphatic hydroxyl groups is 2. The van der Waals surface area contributed by atoms with E-state index >= 15 is 0 Å². The number of H-pyrrole nitrogens is 1. The first-order valence-corrected chi connectivity index (χ1v) is 6.57. The molecular formula is C11H14B3FN2O5. The van der Waals surface area contributed by atoms with Crippen LogP contribution in [0.1, 0.15) is 12.0 Å². The molecule has 0 aliphatic carbocycles. The van der Waals surface area contributed by atoms with Crippen LogP contribution in [0.4, 0.5) is 4.39 Å². The molecule has 22 heavy (non-hydrogen) atoms. The summed E-state index contributed by atoms with van der Waals surface area (Å²) in [6.45, 7) is 0. The van der Waals surface area contributed by atoms with Gasteiger partial charge in [-0.05, 0) is 0 Å². The molecule has 114 valence electrons. The molecule has 2 heterocycles. The molecule has 0 unspecified atom stereocenters. The van der Waals surface area contributed by atoms with E-state index in [1.54, 1.807) is 0 Å². The number of hydrogen-bond donors (Lipinski definition) is 3. The molecule has 11 heteroatoms. The summed E-state index contributed by atoms with van der Waals surface area (Å²) in [5, 5.41) is 18.2. The van der Waals surface area contributed by atoms with Crippen LogP contribution in [-0.4, -0.2) is 60.7 Å². The van der Waals surface area contributed by atoms with E-state index < -0.39 is 40.7 Å². The minimum absolute atomic E-state index is 0.170. The second kappa shape index (κ2) is 4.88. The lowest BCUT2D eigenvalue weighted by Crippen LogP contribution is -2.55. The molecule has 0 amide bonds. The molecule has 1 aliphatic rings. The third-order valence-electron chi connectivity index (χ3n) is 3.93. The van der Waals surface area contributed by atoms with Crippen LogP contribution in [-0.2, 0) is 10.4 Å². The van der Waals surface area contributed by atoms with Crippen molar-refractivity contribution in [2.75, 3.05) is 0 Å². The minimum Gasteiger partial charge on any atom is -0.402 e. The van der Waals surface area contributed by atoms with Gasteiger partial charge in [-0.1, -0.05) is 5.92 Å². The van der Waals surface area contributed by atoms with Gasteiger partial charge in [0.2, 0.25) is 5.85 Å². The van der Waals surface area contributed by atoms with Gasteiger partial charge in [0.25, 0.3) is 5.56 Å². The zero-order chi connectivity index (χ0) is 16.9. The van der Waals surface area contributed by atoms with Crippen molar-refractivity contribution in [1.29, 1.82) is 0 Å². The molecule has 0 radical (unpaired) electrons. The Bertz CT molecular complexity index is 767. The van der Waals surface area contributed by atoms with E-state index in [1.807, 2.05) is 4.98 Å². The fraction of sp³-hybridized carbons (Fsp3) is 0.455. The number of terminal acetylenes is 1. The van der Waals surface area contributed by atoms with E-state index in [2.05, 4.69) is 5.92 Å². The van der Waals surface area contributed by atoms with Gasteiger partial charge in [0, 0.05) is 12.6 Å². The molecule has 1 fully saturated rings. The number of nitrogens with zero attached hydrogens (tertiary/aromatic N) is 1. The van der Waals surface area contributed by atoms with Crippen LogP contribution in [0.25, 0.3) is 0 Å². The lowest BCUT2D eigenvalue weighted by Gasteiger charge is -2.36. The molecule has 1 aliphatic heterocycles. The van der Waals surface area contributed by atoms with Crippen LogP contribution < -0.4 is 11.2 Å². The van der Waals surface area contributed by atoms with Gasteiger partial charge in [-0.15, -0.1) is 6.42 Å².